The summed E-state index contributed by atoms with van der Waals surface area (Å²) in [7, 11) is -1.93. The molecule has 140 valence electrons. The number of sulfonamides is 1. The predicted molar refractivity (Wildman–Crippen MR) is 102 cm³/mol. The van der Waals surface area contributed by atoms with Crippen LogP contribution in [0.1, 0.15) is 16.7 Å². The van der Waals surface area contributed by atoms with Gasteiger partial charge in [-0.25, -0.2) is 8.42 Å². The second-order valence-electron chi connectivity index (χ2n) is 6.20. The Hall–Kier alpha value is -2.22. The van der Waals surface area contributed by atoms with Crippen LogP contribution in [-0.4, -0.2) is 38.5 Å². The van der Waals surface area contributed by atoms with Crippen LogP contribution in [0, 0.1) is 6.92 Å². The van der Waals surface area contributed by atoms with Gasteiger partial charge in [0.15, 0.2) is 0 Å². The van der Waals surface area contributed by atoms with Gasteiger partial charge in [0.25, 0.3) is 0 Å². The Balaban J connectivity index is 2.06. The maximum atomic E-state index is 12.3. The van der Waals surface area contributed by atoms with Gasteiger partial charge in [-0.1, -0.05) is 42.0 Å². The summed E-state index contributed by atoms with van der Waals surface area (Å²) >= 11 is 0. The molecule has 0 atom stereocenters. The van der Waals surface area contributed by atoms with E-state index in [2.05, 4.69) is 5.32 Å². The Bertz CT molecular complexity index is 848. The monoisotopic (exact) mass is 376 g/mol. The molecule has 0 aliphatic carbocycles. The van der Waals surface area contributed by atoms with E-state index < -0.39 is 15.9 Å². The molecule has 0 heterocycles. The highest BCUT2D eigenvalue weighted by atomic mass is 32.2. The lowest BCUT2D eigenvalue weighted by molar-refractivity contribution is -0.116. The van der Waals surface area contributed by atoms with Crippen LogP contribution in [-0.2, 0) is 32.7 Å². The van der Waals surface area contributed by atoms with E-state index in [0.717, 1.165) is 27.3 Å². The summed E-state index contributed by atoms with van der Waals surface area (Å²) in [6.07, 6.45) is 1.10. The molecular formula is C19H24N2O4S. The minimum Gasteiger partial charge on any atom is -0.380 e. The average Bonchev–Trinajstić information content (AvgIpc) is 2.56. The lowest BCUT2D eigenvalue weighted by Gasteiger charge is -2.20. The molecular weight excluding hydrogens is 352 g/mol. The van der Waals surface area contributed by atoms with Crippen LogP contribution in [0.3, 0.4) is 0 Å². The van der Waals surface area contributed by atoms with Gasteiger partial charge in [-0.3, -0.25) is 4.79 Å². The molecule has 2 aromatic carbocycles. The predicted octanol–water partition coefficient (Wildman–Crippen LogP) is 2.54. The van der Waals surface area contributed by atoms with Crippen LogP contribution in [0.2, 0.25) is 0 Å². The first-order valence-electron chi connectivity index (χ1n) is 8.16. The SMILES string of the molecule is COCc1cccc(NC(=O)CN(Cc2ccc(C)cc2)S(C)(=O)=O)c1. The molecule has 0 spiro atoms. The first-order valence-corrected chi connectivity index (χ1v) is 10.0. The summed E-state index contributed by atoms with van der Waals surface area (Å²) in [5.74, 6) is -0.392. The molecule has 7 heteroatoms. The summed E-state index contributed by atoms with van der Waals surface area (Å²) < 4.78 is 30.3. The number of nitrogens with one attached hydrogen (secondary N) is 1. The van der Waals surface area contributed by atoms with E-state index >= 15 is 0 Å². The Kier molecular flexibility index (Phi) is 6.90. The van der Waals surface area contributed by atoms with Crippen molar-refractivity contribution in [3.63, 3.8) is 0 Å². The number of rotatable bonds is 8. The van der Waals surface area contributed by atoms with Crippen molar-refractivity contribution in [3.05, 3.63) is 65.2 Å². The zero-order valence-corrected chi connectivity index (χ0v) is 16.0. The topological polar surface area (TPSA) is 75.7 Å². The normalized spacial score (nSPS) is 11.5. The number of amides is 1. The second kappa shape index (κ2) is 8.93. The smallest absolute Gasteiger partial charge is 0.239 e. The van der Waals surface area contributed by atoms with Crippen molar-refractivity contribution in [2.75, 3.05) is 25.2 Å². The number of anilines is 1. The highest BCUT2D eigenvalue weighted by Crippen LogP contribution is 2.13. The fourth-order valence-corrected chi connectivity index (χ4v) is 3.19. The largest absolute Gasteiger partial charge is 0.380 e. The van der Waals surface area contributed by atoms with Crippen LogP contribution < -0.4 is 5.32 Å². The maximum absolute atomic E-state index is 12.3. The van der Waals surface area contributed by atoms with Crippen molar-refractivity contribution in [1.82, 2.24) is 4.31 Å². The van der Waals surface area contributed by atoms with Crippen LogP contribution in [0.4, 0.5) is 5.69 Å². The molecule has 26 heavy (non-hydrogen) atoms. The molecule has 0 aliphatic heterocycles. The lowest BCUT2D eigenvalue weighted by Crippen LogP contribution is -2.36. The number of aryl methyl sites for hydroxylation is 1. The fourth-order valence-electron chi connectivity index (χ4n) is 2.45. The van der Waals surface area contributed by atoms with Crippen molar-refractivity contribution < 1.29 is 17.9 Å². The molecule has 1 amide bonds. The van der Waals surface area contributed by atoms with E-state index in [1.54, 1.807) is 19.2 Å². The number of methoxy groups -OCH3 is 1. The summed E-state index contributed by atoms with van der Waals surface area (Å²) in [5, 5.41) is 2.74. The Morgan fingerprint density at radius 3 is 2.42 bits per heavy atom. The minimum absolute atomic E-state index is 0.149. The highest BCUT2D eigenvalue weighted by Gasteiger charge is 2.20. The number of carbonyl (C=O) groups excluding carboxylic acids is 1. The van der Waals surface area contributed by atoms with E-state index in [-0.39, 0.29) is 13.1 Å². The standard InChI is InChI=1S/C19H24N2O4S/c1-15-7-9-16(10-8-15)12-21(26(3,23)24)13-19(22)20-18-6-4-5-17(11-18)14-25-2/h4-11H,12-14H2,1-3H3,(H,20,22). The second-order valence-corrected chi connectivity index (χ2v) is 8.18. The number of benzene rings is 2. The van der Waals surface area contributed by atoms with Crippen molar-refractivity contribution >= 4 is 21.6 Å². The van der Waals surface area contributed by atoms with Gasteiger partial charge in [-0.2, -0.15) is 4.31 Å². The van der Waals surface area contributed by atoms with E-state index in [1.807, 2.05) is 43.3 Å². The molecule has 0 aromatic heterocycles. The first-order chi connectivity index (χ1) is 12.3. The number of carbonyl (C=O) groups is 1. The van der Waals surface area contributed by atoms with Gasteiger partial charge >= 0.3 is 0 Å². The fraction of sp³-hybridized carbons (Fsp3) is 0.316. The zero-order valence-electron chi connectivity index (χ0n) is 15.2. The van der Waals surface area contributed by atoms with E-state index in [4.69, 9.17) is 4.74 Å². The van der Waals surface area contributed by atoms with Gasteiger partial charge < -0.3 is 10.1 Å². The molecule has 2 rings (SSSR count). The van der Waals surface area contributed by atoms with Crippen LogP contribution >= 0.6 is 0 Å². The molecule has 0 bridgehead atoms. The third-order valence-corrected chi connectivity index (χ3v) is 4.99. The summed E-state index contributed by atoms with van der Waals surface area (Å²) in [4.78, 5) is 12.3. The van der Waals surface area contributed by atoms with Gasteiger partial charge in [-0.05, 0) is 30.2 Å². The van der Waals surface area contributed by atoms with Crippen LogP contribution in [0.15, 0.2) is 48.5 Å². The van der Waals surface area contributed by atoms with Gasteiger partial charge in [0, 0.05) is 19.3 Å². The van der Waals surface area contributed by atoms with E-state index in [1.165, 1.54) is 0 Å². The lowest BCUT2D eigenvalue weighted by atomic mass is 10.1. The van der Waals surface area contributed by atoms with Gasteiger partial charge in [0.2, 0.25) is 15.9 Å². The minimum atomic E-state index is -3.52. The van der Waals surface area contributed by atoms with E-state index in [9.17, 15) is 13.2 Å². The zero-order chi connectivity index (χ0) is 19.2. The third-order valence-electron chi connectivity index (χ3n) is 3.79. The molecule has 1 N–H and O–H groups in total. The first kappa shape index (κ1) is 20.1. The van der Waals surface area contributed by atoms with Crippen molar-refractivity contribution in [1.29, 1.82) is 0 Å². The molecule has 0 fully saturated rings. The quantitative estimate of drug-likeness (QED) is 0.768. The van der Waals surface area contributed by atoms with Gasteiger partial charge in [0.05, 0.1) is 19.4 Å². The summed E-state index contributed by atoms with van der Waals surface area (Å²) in [6.45, 7) is 2.30. The molecule has 0 radical (unpaired) electrons. The molecule has 0 saturated heterocycles. The van der Waals surface area contributed by atoms with Gasteiger partial charge in [0.1, 0.15) is 0 Å². The number of ether oxygens (including phenoxy) is 1. The Labute approximate surface area is 154 Å². The van der Waals surface area contributed by atoms with Gasteiger partial charge in [-0.15, -0.1) is 0 Å². The number of hydrogen-bond acceptors (Lipinski definition) is 4. The van der Waals surface area contributed by atoms with Crippen molar-refractivity contribution in [2.24, 2.45) is 0 Å². The summed E-state index contributed by atoms with van der Waals surface area (Å²) in [5.41, 5.74) is 3.45. The number of hydrogen-bond donors (Lipinski definition) is 1. The Morgan fingerprint density at radius 2 is 1.81 bits per heavy atom. The molecule has 6 nitrogen and oxygen atoms in total. The van der Waals surface area contributed by atoms with Crippen molar-refractivity contribution in [3.8, 4) is 0 Å². The molecule has 0 saturated carbocycles. The highest BCUT2D eigenvalue weighted by molar-refractivity contribution is 7.88. The van der Waals surface area contributed by atoms with Crippen LogP contribution in [0.25, 0.3) is 0 Å². The Morgan fingerprint density at radius 1 is 1.12 bits per heavy atom. The average molecular weight is 376 g/mol. The number of nitrogens with zero attached hydrogens (tertiary/aromatic N) is 1. The third kappa shape index (κ3) is 6.25. The summed E-state index contributed by atoms with van der Waals surface area (Å²) in [6, 6.07) is 14.8. The van der Waals surface area contributed by atoms with Crippen LogP contribution in [0.5, 0.6) is 0 Å². The molecule has 0 unspecified atom stereocenters. The molecule has 0 aliphatic rings. The maximum Gasteiger partial charge on any atom is 0.239 e. The van der Waals surface area contributed by atoms with E-state index in [0.29, 0.717) is 12.3 Å². The van der Waals surface area contributed by atoms with Crippen molar-refractivity contribution in [2.45, 2.75) is 20.1 Å². The molecule has 2 aromatic rings.